The molecule has 0 spiro atoms. The third-order valence-corrected chi connectivity index (χ3v) is 4.59. The van der Waals surface area contributed by atoms with Gasteiger partial charge < -0.3 is 10.6 Å². The van der Waals surface area contributed by atoms with E-state index in [4.69, 9.17) is 0 Å². The van der Waals surface area contributed by atoms with E-state index in [2.05, 4.69) is 42.7 Å². The number of fused-ring (bicyclic) bond motifs is 1. The summed E-state index contributed by atoms with van der Waals surface area (Å²) in [5, 5.41) is 7.51. The van der Waals surface area contributed by atoms with E-state index in [0.717, 1.165) is 6.54 Å². The molecule has 1 heterocycles. The van der Waals surface area contributed by atoms with Crippen LogP contribution in [0.25, 0.3) is 0 Å². The normalized spacial score (nSPS) is 23.7. The molecule has 0 saturated carbocycles. The third-order valence-electron chi connectivity index (χ3n) is 3.03. The molecular formula is C13H20N2S. The van der Waals surface area contributed by atoms with Gasteiger partial charge in [-0.15, -0.1) is 11.8 Å². The van der Waals surface area contributed by atoms with Crippen molar-refractivity contribution in [2.24, 2.45) is 0 Å². The fraction of sp³-hybridized carbons (Fsp3) is 0.538. The highest BCUT2D eigenvalue weighted by Crippen LogP contribution is 2.39. The number of benzene rings is 1. The van der Waals surface area contributed by atoms with Crippen molar-refractivity contribution in [3.05, 3.63) is 23.8 Å². The molecule has 0 aromatic heterocycles. The Labute approximate surface area is 102 Å². The van der Waals surface area contributed by atoms with Gasteiger partial charge >= 0.3 is 0 Å². The van der Waals surface area contributed by atoms with E-state index in [9.17, 15) is 0 Å². The first-order valence-corrected chi connectivity index (χ1v) is 6.77. The van der Waals surface area contributed by atoms with E-state index in [1.165, 1.54) is 22.6 Å². The van der Waals surface area contributed by atoms with Gasteiger partial charge in [0.25, 0.3) is 0 Å². The van der Waals surface area contributed by atoms with Crippen molar-refractivity contribution >= 4 is 17.4 Å². The van der Waals surface area contributed by atoms with Crippen LogP contribution in [0.15, 0.2) is 23.1 Å². The third kappa shape index (κ3) is 2.53. The summed E-state index contributed by atoms with van der Waals surface area (Å²) in [5.74, 6) is 0. The van der Waals surface area contributed by atoms with Gasteiger partial charge in [-0.05, 0) is 51.6 Å². The van der Waals surface area contributed by atoms with Crippen molar-refractivity contribution in [1.82, 2.24) is 5.32 Å². The number of aryl methyl sites for hydroxylation is 1. The molecule has 2 atom stereocenters. The van der Waals surface area contributed by atoms with Crippen LogP contribution < -0.4 is 10.6 Å². The summed E-state index contributed by atoms with van der Waals surface area (Å²) in [4.78, 5) is 1.39. The van der Waals surface area contributed by atoms with E-state index in [1.807, 2.05) is 18.8 Å². The average Bonchev–Trinajstić information content (AvgIpc) is 2.26. The van der Waals surface area contributed by atoms with Gasteiger partial charge in [-0.1, -0.05) is 6.07 Å². The fourth-order valence-electron chi connectivity index (χ4n) is 2.06. The van der Waals surface area contributed by atoms with Crippen LogP contribution in [0, 0.1) is 6.92 Å². The summed E-state index contributed by atoms with van der Waals surface area (Å²) in [7, 11) is 2.02. The Morgan fingerprint density at radius 1 is 1.44 bits per heavy atom. The van der Waals surface area contributed by atoms with Crippen LogP contribution >= 0.6 is 11.8 Å². The van der Waals surface area contributed by atoms with Crippen molar-refractivity contribution in [1.29, 1.82) is 0 Å². The number of hydrogen-bond acceptors (Lipinski definition) is 3. The number of thioether (sulfide) groups is 1. The summed E-state index contributed by atoms with van der Waals surface area (Å²) in [6, 6.07) is 7.22. The topological polar surface area (TPSA) is 24.1 Å². The molecule has 0 aliphatic carbocycles. The van der Waals surface area contributed by atoms with E-state index in [0.29, 0.717) is 11.3 Å². The lowest BCUT2D eigenvalue weighted by Crippen LogP contribution is -2.33. The van der Waals surface area contributed by atoms with Crippen molar-refractivity contribution < 1.29 is 0 Å². The lowest BCUT2D eigenvalue weighted by Gasteiger charge is -2.32. The molecule has 2 rings (SSSR count). The SMILES string of the molecule is CNCCC1Sc2ccc(C)cc2NC1C. The molecule has 1 aliphatic heterocycles. The Morgan fingerprint density at radius 3 is 3.00 bits per heavy atom. The Kier molecular flexibility index (Phi) is 3.77. The first-order valence-electron chi connectivity index (χ1n) is 5.89. The molecule has 2 unspecified atom stereocenters. The minimum atomic E-state index is 0.549. The Balaban J connectivity index is 2.12. The van der Waals surface area contributed by atoms with Crippen LogP contribution in [0.4, 0.5) is 5.69 Å². The molecule has 0 amide bonds. The van der Waals surface area contributed by atoms with Crippen molar-refractivity contribution in [3.8, 4) is 0 Å². The van der Waals surface area contributed by atoms with Gasteiger partial charge in [0.1, 0.15) is 0 Å². The van der Waals surface area contributed by atoms with E-state index < -0.39 is 0 Å². The maximum absolute atomic E-state index is 3.61. The van der Waals surface area contributed by atoms with Crippen molar-refractivity contribution in [2.45, 2.75) is 36.5 Å². The zero-order valence-electron chi connectivity index (χ0n) is 10.2. The van der Waals surface area contributed by atoms with Crippen molar-refractivity contribution in [3.63, 3.8) is 0 Å². The standard InChI is InChI=1S/C13H20N2S/c1-9-4-5-13-11(8-9)15-10(2)12(16-13)6-7-14-3/h4-5,8,10,12,14-15H,6-7H2,1-3H3. The van der Waals surface area contributed by atoms with Gasteiger partial charge in [0.05, 0.1) is 0 Å². The Morgan fingerprint density at radius 2 is 2.25 bits per heavy atom. The number of hydrogen-bond donors (Lipinski definition) is 2. The monoisotopic (exact) mass is 236 g/mol. The molecular weight excluding hydrogens is 216 g/mol. The Hall–Kier alpha value is -0.670. The molecule has 1 aromatic carbocycles. The van der Waals surface area contributed by atoms with Crippen LogP contribution in [-0.2, 0) is 0 Å². The summed E-state index contributed by atoms with van der Waals surface area (Å²) in [6.45, 7) is 5.51. The molecule has 16 heavy (non-hydrogen) atoms. The van der Waals surface area contributed by atoms with Gasteiger partial charge in [-0.25, -0.2) is 0 Å². The second kappa shape index (κ2) is 5.11. The fourth-order valence-corrected chi connectivity index (χ4v) is 3.28. The minimum absolute atomic E-state index is 0.549. The van der Waals surface area contributed by atoms with E-state index in [-0.39, 0.29) is 0 Å². The van der Waals surface area contributed by atoms with Gasteiger partial charge in [0.2, 0.25) is 0 Å². The number of nitrogens with one attached hydrogen (secondary N) is 2. The first kappa shape index (κ1) is 11.8. The zero-order chi connectivity index (χ0) is 11.5. The smallest absolute Gasteiger partial charge is 0.0483 e. The molecule has 88 valence electrons. The molecule has 0 saturated heterocycles. The van der Waals surface area contributed by atoms with Crippen LogP contribution in [0.1, 0.15) is 18.9 Å². The first-order chi connectivity index (χ1) is 7.70. The van der Waals surface area contributed by atoms with Crippen LogP contribution in [0.3, 0.4) is 0 Å². The van der Waals surface area contributed by atoms with E-state index >= 15 is 0 Å². The van der Waals surface area contributed by atoms with Gasteiger partial charge in [0.15, 0.2) is 0 Å². The van der Waals surface area contributed by atoms with Crippen LogP contribution in [0.2, 0.25) is 0 Å². The molecule has 1 aliphatic rings. The van der Waals surface area contributed by atoms with Crippen LogP contribution in [-0.4, -0.2) is 24.9 Å². The maximum atomic E-state index is 3.61. The zero-order valence-corrected chi connectivity index (χ0v) is 11.0. The summed E-state index contributed by atoms with van der Waals surface area (Å²) in [6.07, 6.45) is 1.21. The highest BCUT2D eigenvalue weighted by atomic mass is 32.2. The summed E-state index contributed by atoms with van der Waals surface area (Å²) >= 11 is 2.01. The predicted octanol–water partition coefficient (Wildman–Crippen LogP) is 2.88. The van der Waals surface area contributed by atoms with Crippen LogP contribution in [0.5, 0.6) is 0 Å². The summed E-state index contributed by atoms with van der Waals surface area (Å²) < 4.78 is 0. The Bertz CT molecular complexity index is 365. The average molecular weight is 236 g/mol. The highest BCUT2D eigenvalue weighted by Gasteiger charge is 2.24. The second-order valence-corrected chi connectivity index (χ2v) is 5.76. The van der Waals surface area contributed by atoms with Gasteiger partial charge in [0, 0.05) is 21.9 Å². The van der Waals surface area contributed by atoms with E-state index in [1.54, 1.807) is 0 Å². The number of anilines is 1. The molecule has 1 aromatic rings. The number of rotatable bonds is 3. The maximum Gasteiger partial charge on any atom is 0.0483 e. The molecule has 0 radical (unpaired) electrons. The summed E-state index contributed by atoms with van der Waals surface area (Å²) in [5.41, 5.74) is 2.63. The quantitative estimate of drug-likeness (QED) is 0.844. The molecule has 3 heteroatoms. The lowest BCUT2D eigenvalue weighted by atomic mass is 10.1. The molecule has 2 N–H and O–H groups in total. The highest BCUT2D eigenvalue weighted by molar-refractivity contribution is 8.00. The minimum Gasteiger partial charge on any atom is -0.381 e. The molecule has 0 bridgehead atoms. The van der Waals surface area contributed by atoms with Crippen molar-refractivity contribution in [2.75, 3.05) is 18.9 Å². The lowest BCUT2D eigenvalue weighted by molar-refractivity contribution is 0.634. The molecule has 2 nitrogen and oxygen atoms in total. The van der Waals surface area contributed by atoms with Gasteiger partial charge in [-0.2, -0.15) is 0 Å². The molecule has 0 fully saturated rings. The van der Waals surface area contributed by atoms with Gasteiger partial charge in [-0.3, -0.25) is 0 Å². The largest absolute Gasteiger partial charge is 0.381 e. The second-order valence-electron chi connectivity index (χ2n) is 4.48. The predicted molar refractivity (Wildman–Crippen MR) is 72.5 cm³/mol.